The number of hydrogen-bond donors (Lipinski definition) is 0. The fraction of sp³-hybridized carbons (Fsp3) is 0.227. The minimum atomic E-state index is -0.179. The summed E-state index contributed by atoms with van der Waals surface area (Å²) in [6, 6.07) is 11.0. The van der Waals surface area contributed by atoms with E-state index in [1.165, 1.54) is 41.8 Å². The quantitative estimate of drug-likeness (QED) is 0.371. The second-order valence-corrected chi connectivity index (χ2v) is 8.38. The number of thioether (sulfide) groups is 1. The normalized spacial score (nSPS) is 10.4. The van der Waals surface area contributed by atoms with Gasteiger partial charge in [-0.15, -0.1) is 11.3 Å². The van der Waals surface area contributed by atoms with Gasteiger partial charge in [0, 0.05) is 29.3 Å². The summed E-state index contributed by atoms with van der Waals surface area (Å²) >= 11 is 2.72. The number of aryl methyl sites for hydroxylation is 1. The molecule has 31 heavy (non-hydrogen) atoms. The molecule has 1 amide bonds. The largest absolute Gasteiger partial charge is 0.495 e. The van der Waals surface area contributed by atoms with E-state index in [9.17, 15) is 14.9 Å². The first-order valence-electron chi connectivity index (χ1n) is 9.29. The van der Waals surface area contributed by atoms with Gasteiger partial charge in [0.2, 0.25) is 5.91 Å². The molecule has 0 radical (unpaired) electrons. The molecule has 0 unspecified atom stereocenters. The number of para-hydroxylation sites is 2. The zero-order valence-corrected chi connectivity index (χ0v) is 19.1. The number of benzene rings is 1. The van der Waals surface area contributed by atoms with Crippen LogP contribution in [-0.4, -0.2) is 28.8 Å². The van der Waals surface area contributed by atoms with Crippen molar-refractivity contribution in [2.75, 3.05) is 12.0 Å². The van der Waals surface area contributed by atoms with E-state index in [-0.39, 0.29) is 11.7 Å². The summed E-state index contributed by atoms with van der Waals surface area (Å²) in [4.78, 5) is 34.6. The fourth-order valence-electron chi connectivity index (χ4n) is 2.96. The van der Waals surface area contributed by atoms with E-state index in [1.54, 1.807) is 32.2 Å². The molecule has 0 spiro atoms. The average molecular weight is 453 g/mol. The van der Waals surface area contributed by atoms with Gasteiger partial charge >= 0.3 is 0 Å². The number of ether oxygens (including phenoxy) is 1. The molecule has 158 valence electrons. The van der Waals surface area contributed by atoms with Crippen molar-refractivity contribution in [3.8, 4) is 11.8 Å². The first-order valence-corrected chi connectivity index (χ1v) is 11.2. The summed E-state index contributed by atoms with van der Waals surface area (Å²) in [6.07, 6.45) is 0. The van der Waals surface area contributed by atoms with Crippen LogP contribution in [0.2, 0.25) is 0 Å². The molecule has 0 bridgehead atoms. The summed E-state index contributed by atoms with van der Waals surface area (Å²) in [5, 5.41) is 12.4. The van der Waals surface area contributed by atoms with Crippen LogP contribution in [-0.2, 0) is 10.5 Å². The molecule has 0 aliphatic heterocycles. The minimum absolute atomic E-state index is 0.122. The van der Waals surface area contributed by atoms with Crippen LogP contribution in [0.1, 0.15) is 41.2 Å². The Bertz CT molecular complexity index is 1180. The number of carbonyl (C=O) groups excluding carboxylic acids is 2. The monoisotopic (exact) mass is 452 g/mol. The lowest BCUT2D eigenvalue weighted by Gasteiger charge is -2.20. The van der Waals surface area contributed by atoms with Crippen molar-refractivity contribution in [2.24, 2.45) is 0 Å². The van der Waals surface area contributed by atoms with Gasteiger partial charge in [-0.3, -0.25) is 14.5 Å². The van der Waals surface area contributed by atoms with Crippen LogP contribution < -0.4 is 9.64 Å². The number of thiazole rings is 1. The summed E-state index contributed by atoms with van der Waals surface area (Å²) in [5.74, 6) is 0.742. The van der Waals surface area contributed by atoms with Crippen LogP contribution >= 0.6 is 23.1 Å². The smallest absolute Gasteiger partial charge is 0.230 e. The maximum atomic E-state index is 12.4. The van der Waals surface area contributed by atoms with Crippen molar-refractivity contribution < 1.29 is 14.3 Å². The van der Waals surface area contributed by atoms with Crippen LogP contribution in [0.15, 0.2) is 40.7 Å². The number of amides is 1. The predicted octanol–water partition coefficient (Wildman–Crippen LogP) is 4.91. The first kappa shape index (κ1) is 22.5. The van der Waals surface area contributed by atoms with Gasteiger partial charge in [0.05, 0.1) is 24.1 Å². The van der Waals surface area contributed by atoms with Crippen molar-refractivity contribution in [3.05, 3.63) is 58.2 Å². The number of ketones is 1. The maximum Gasteiger partial charge on any atom is 0.230 e. The van der Waals surface area contributed by atoms with Crippen LogP contribution in [0.4, 0.5) is 10.8 Å². The molecule has 2 heterocycles. The first-order chi connectivity index (χ1) is 14.8. The Kier molecular flexibility index (Phi) is 7.05. The third-order valence-electron chi connectivity index (χ3n) is 4.41. The molecule has 7 nitrogen and oxygen atoms in total. The van der Waals surface area contributed by atoms with Gasteiger partial charge in [0.25, 0.3) is 0 Å². The lowest BCUT2D eigenvalue weighted by atomic mass is 10.1. The maximum absolute atomic E-state index is 12.4. The lowest BCUT2D eigenvalue weighted by molar-refractivity contribution is -0.115. The topological polar surface area (TPSA) is 96.2 Å². The number of methoxy groups -OCH3 is 1. The second-order valence-electron chi connectivity index (χ2n) is 6.58. The van der Waals surface area contributed by atoms with E-state index in [4.69, 9.17) is 4.74 Å². The molecule has 0 aliphatic carbocycles. The summed E-state index contributed by atoms with van der Waals surface area (Å²) in [7, 11) is 1.56. The van der Waals surface area contributed by atoms with Crippen LogP contribution in [0, 0.1) is 18.3 Å². The fourth-order valence-corrected chi connectivity index (χ4v) is 4.84. The Morgan fingerprint density at radius 1 is 1.26 bits per heavy atom. The molecule has 2 aromatic heterocycles. The molecule has 3 aromatic rings. The second kappa shape index (κ2) is 9.73. The Balaban J connectivity index is 1.85. The number of rotatable bonds is 7. The van der Waals surface area contributed by atoms with E-state index >= 15 is 0 Å². The predicted molar refractivity (Wildman–Crippen MR) is 121 cm³/mol. The molecule has 0 fully saturated rings. The minimum Gasteiger partial charge on any atom is -0.495 e. The highest BCUT2D eigenvalue weighted by molar-refractivity contribution is 7.98. The van der Waals surface area contributed by atoms with Gasteiger partial charge < -0.3 is 4.74 Å². The summed E-state index contributed by atoms with van der Waals surface area (Å²) in [6.45, 7) is 4.68. The lowest BCUT2D eigenvalue weighted by Crippen LogP contribution is -2.23. The molecule has 0 aliphatic rings. The van der Waals surface area contributed by atoms with Gasteiger partial charge in [-0.05, 0) is 32.0 Å². The summed E-state index contributed by atoms with van der Waals surface area (Å²) < 4.78 is 5.39. The van der Waals surface area contributed by atoms with E-state index in [0.717, 1.165) is 5.69 Å². The number of nitriles is 1. The average Bonchev–Trinajstić information content (AvgIpc) is 3.20. The highest BCUT2D eigenvalue weighted by Crippen LogP contribution is 2.36. The molecule has 9 heteroatoms. The van der Waals surface area contributed by atoms with Gasteiger partial charge in [-0.2, -0.15) is 5.26 Å². The zero-order chi connectivity index (χ0) is 22.5. The number of Topliss-reactive ketones (excluding diaryl/α,β-unsaturated/α-hetero) is 1. The van der Waals surface area contributed by atoms with E-state index in [0.29, 0.717) is 44.2 Å². The molecule has 3 rings (SSSR count). The van der Waals surface area contributed by atoms with Crippen molar-refractivity contribution in [3.63, 3.8) is 0 Å². The molecule has 1 aromatic carbocycles. The Labute approximate surface area is 188 Å². The molecular formula is C22H20N4O3S2. The standard InChI is InChI=1S/C22H20N4O3S2/c1-13-18(14(2)27)9-16(10-23)21(24-13)30-11-17-12-31-22(25-17)26(15(3)28)19-7-5-6-8-20(19)29-4/h5-9,12H,11H2,1-4H3. The third kappa shape index (κ3) is 4.93. The van der Waals surface area contributed by atoms with E-state index in [2.05, 4.69) is 16.0 Å². The molecule has 0 N–H and O–H groups in total. The SMILES string of the molecule is COc1ccccc1N(C(C)=O)c1nc(CSc2nc(C)c(C(C)=O)cc2C#N)cs1. The molecule has 0 atom stereocenters. The third-order valence-corrected chi connectivity index (χ3v) is 6.31. The van der Waals surface area contributed by atoms with Gasteiger partial charge in [-0.1, -0.05) is 23.9 Å². The molecule has 0 saturated heterocycles. The number of hydrogen-bond acceptors (Lipinski definition) is 8. The summed E-state index contributed by atoms with van der Waals surface area (Å²) in [5.41, 5.74) is 2.77. The highest BCUT2D eigenvalue weighted by atomic mass is 32.2. The number of pyridine rings is 1. The molecular weight excluding hydrogens is 432 g/mol. The van der Waals surface area contributed by atoms with Gasteiger partial charge in [0.1, 0.15) is 16.8 Å². The molecule has 0 saturated carbocycles. The Morgan fingerprint density at radius 2 is 2.00 bits per heavy atom. The number of anilines is 2. The van der Waals surface area contributed by atoms with Crippen molar-refractivity contribution >= 4 is 45.6 Å². The zero-order valence-electron chi connectivity index (χ0n) is 17.5. The van der Waals surface area contributed by atoms with Crippen LogP contribution in [0.5, 0.6) is 5.75 Å². The van der Waals surface area contributed by atoms with Crippen LogP contribution in [0.25, 0.3) is 0 Å². The van der Waals surface area contributed by atoms with Crippen molar-refractivity contribution in [1.29, 1.82) is 5.26 Å². The van der Waals surface area contributed by atoms with E-state index in [1.807, 2.05) is 17.5 Å². The van der Waals surface area contributed by atoms with Crippen molar-refractivity contribution in [1.82, 2.24) is 9.97 Å². The number of carbonyl (C=O) groups is 2. The number of nitrogens with zero attached hydrogens (tertiary/aromatic N) is 4. The van der Waals surface area contributed by atoms with Crippen molar-refractivity contribution in [2.45, 2.75) is 31.6 Å². The van der Waals surface area contributed by atoms with Crippen LogP contribution in [0.3, 0.4) is 0 Å². The van der Waals surface area contributed by atoms with Gasteiger partial charge in [0.15, 0.2) is 10.9 Å². The van der Waals surface area contributed by atoms with Gasteiger partial charge in [-0.25, -0.2) is 9.97 Å². The van der Waals surface area contributed by atoms with E-state index < -0.39 is 0 Å². The Morgan fingerprint density at radius 3 is 2.65 bits per heavy atom. The highest BCUT2D eigenvalue weighted by Gasteiger charge is 2.21. The Hall–Kier alpha value is -3.22. The number of aromatic nitrogens is 2.